The Morgan fingerprint density at radius 2 is 1.35 bits per heavy atom. The number of hydrogen-bond acceptors (Lipinski definition) is 4. The summed E-state index contributed by atoms with van der Waals surface area (Å²) in [5.41, 5.74) is -0.331. The Morgan fingerprint density at radius 1 is 0.950 bits per heavy atom. The topological polar surface area (TPSA) is 132 Å². The Bertz CT molecular complexity index is 486. The molecule has 0 fully saturated rings. The molecule has 0 unspecified atom stereocenters. The van der Waals surface area contributed by atoms with Crippen LogP contribution in [-0.2, 0) is 4.79 Å². The van der Waals surface area contributed by atoms with Crippen LogP contribution in [-0.4, -0.2) is 44.9 Å². The molecular formula is C13H14O7. The molecule has 0 aliphatic carbocycles. The summed E-state index contributed by atoms with van der Waals surface area (Å²) in [7, 11) is 0. The van der Waals surface area contributed by atoms with E-state index in [1.807, 2.05) is 0 Å². The molecule has 4 N–H and O–H groups in total. The van der Waals surface area contributed by atoms with Gasteiger partial charge in [-0.3, -0.25) is 0 Å². The van der Waals surface area contributed by atoms with E-state index in [1.54, 1.807) is 0 Å². The summed E-state index contributed by atoms with van der Waals surface area (Å²) in [5, 5.41) is 33.4. The van der Waals surface area contributed by atoms with E-state index >= 15 is 0 Å². The van der Waals surface area contributed by atoms with Gasteiger partial charge in [0.15, 0.2) is 0 Å². The number of aromatic carboxylic acids is 2. The Kier molecular flexibility index (Phi) is 7.31. The molecule has 0 aliphatic heterocycles. The Balaban J connectivity index is 0.000000396. The van der Waals surface area contributed by atoms with Crippen LogP contribution in [0.2, 0.25) is 0 Å². The number of carboxylic acids is 3. The average Bonchev–Trinajstić information content (AvgIpc) is 2.39. The van der Waals surface area contributed by atoms with Crippen LogP contribution in [0, 0.1) is 0 Å². The Morgan fingerprint density at radius 3 is 1.55 bits per heavy atom. The molecule has 0 spiro atoms. The van der Waals surface area contributed by atoms with E-state index in [1.165, 1.54) is 24.3 Å². The van der Waals surface area contributed by atoms with Gasteiger partial charge in [-0.15, -0.1) is 0 Å². The zero-order valence-electron chi connectivity index (χ0n) is 10.4. The van der Waals surface area contributed by atoms with Crippen molar-refractivity contribution in [1.29, 1.82) is 0 Å². The molecule has 0 saturated carbocycles. The minimum atomic E-state index is -1.23. The third-order valence-corrected chi connectivity index (χ3v) is 2.10. The summed E-state index contributed by atoms with van der Waals surface area (Å²) in [6, 6.07) is 5.48. The van der Waals surface area contributed by atoms with Crippen LogP contribution < -0.4 is 0 Å². The first-order valence-electron chi connectivity index (χ1n) is 5.38. The van der Waals surface area contributed by atoms with E-state index in [2.05, 4.69) is 6.58 Å². The van der Waals surface area contributed by atoms with E-state index in [0.717, 1.165) is 0 Å². The van der Waals surface area contributed by atoms with Crippen LogP contribution in [0.25, 0.3) is 0 Å². The second-order valence-corrected chi connectivity index (χ2v) is 3.54. The van der Waals surface area contributed by atoms with Crippen LogP contribution in [0.1, 0.15) is 27.1 Å². The van der Waals surface area contributed by atoms with E-state index in [9.17, 15) is 14.4 Å². The zero-order valence-corrected chi connectivity index (χ0v) is 10.4. The summed E-state index contributed by atoms with van der Waals surface area (Å²) < 4.78 is 0. The quantitative estimate of drug-likeness (QED) is 0.594. The highest BCUT2D eigenvalue weighted by Gasteiger charge is 2.13. The first kappa shape index (κ1) is 17.3. The van der Waals surface area contributed by atoms with Gasteiger partial charge in [0.25, 0.3) is 0 Å². The van der Waals surface area contributed by atoms with E-state index in [4.69, 9.17) is 20.4 Å². The van der Waals surface area contributed by atoms with Crippen LogP contribution in [0.4, 0.5) is 0 Å². The molecule has 0 atom stereocenters. The first-order valence-corrected chi connectivity index (χ1v) is 5.38. The van der Waals surface area contributed by atoms with Crippen LogP contribution >= 0.6 is 0 Å². The minimum Gasteiger partial charge on any atom is -0.478 e. The number of carbonyl (C=O) groups is 3. The van der Waals surface area contributed by atoms with Gasteiger partial charge in [0.1, 0.15) is 0 Å². The molecule has 7 heteroatoms. The third-order valence-electron chi connectivity index (χ3n) is 2.10. The van der Waals surface area contributed by atoms with Gasteiger partial charge in [-0.2, -0.15) is 0 Å². The molecule has 108 valence electrons. The fourth-order valence-electron chi connectivity index (χ4n) is 1.10. The lowest BCUT2D eigenvalue weighted by molar-refractivity contribution is -0.132. The second kappa shape index (κ2) is 8.44. The zero-order chi connectivity index (χ0) is 15.7. The van der Waals surface area contributed by atoms with Crippen molar-refractivity contribution in [1.82, 2.24) is 0 Å². The van der Waals surface area contributed by atoms with Gasteiger partial charge < -0.3 is 20.4 Å². The number of hydrogen-bond donors (Lipinski definition) is 4. The van der Waals surface area contributed by atoms with Crippen LogP contribution in [0.5, 0.6) is 0 Å². The molecule has 0 amide bonds. The summed E-state index contributed by atoms with van der Waals surface area (Å²) >= 11 is 0. The maximum atomic E-state index is 10.5. The summed E-state index contributed by atoms with van der Waals surface area (Å²) in [4.78, 5) is 30.8. The van der Waals surface area contributed by atoms with Gasteiger partial charge in [0.2, 0.25) is 0 Å². The standard InChI is InChI=1S/C8H6O4.C5H8O3/c9-7(10)5-3-1-2-4-6(5)8(11)12;1-4(2-3-6)5(7)8/h1-4H,(H,9,10)(H,11,12);6H,1-3H2,(H,7,8). The predicted octanol–water partition coefficient (Wildman–Crippen LogP) is 1.09. The van der Waals surface area contributed by atoms with Gasteiger partial charge >= 0.3 is 17.9 Å². The molecule has 0 aliphatic rings. The smallest absolute Gasteiger partial charge is 0.336 e. The molecule has 0 bridgehead atoms. The Labute approximate surface area is 114 Å². The first-order chi connectivity index (χ1) is 9.31. The molecule has 0 heterocycles. The van der Waals surface area contributed by atoms with Gasteiger partial charge in [-0.25, -0.2) is 14.4 Å². The fourth-order valence-corrected chi connectivity index (χ4v) is 1.10. The number of aliphatic hydroxyl groups excluding tert-OH is 1. The molecule has 7 nitrogen and oxygen atoms in total. The number of carboxylic acid groups (broad SMARTS) is 3. The minimum absolute atomic E-state index is 0.0486. The van der Waals surface area contributed by atoms with Crippen LogP contribution in [0.3, 0.4) is 0 Å². The summed E-state index contributed by atoms with van der Waals surface area (Å²) in [6.45, 7) is 3.04. The molecular weight excluding hydrogens is 268 g/mol. The van der Waals surface area contributed by atoms with Gasteiger partial charge in [0.05, 0.1) is 11.1 Å². The average molecular weight is 282 g/mol. The second-order valence-electron chi connectivity index (χ2n) is 3.54. The molecule has 0 saturated heterocycles. The molecule has 0 radical (unpaired) electrons. The SMILES string of the molecule is C=C(CCO)C(=O)O.O=C(O)c1ccccc1C(=O)O. The molecule has 1 rings (SSSR count). The van der Waals surface area contributed by atoms with Crippen molar-refractivity contribution >= 4 is 17.9 Å². The number of benzene rings is 1. The number of rotatable bonds is 5. The van der Waals surface area contributed by atoms with E-state index in [0.29, 0.717) is 0 Å². The van der Waals surface area contributed by atoms with Gasteiger partial charge in [-0.1, -0.05) is 18.7 Å². The highest BCUT2D eigenvalue weighted by atomic mass is 16.4. The van der Waals surface area contributed by atoms with Gasteiger partial charge in [-0.05, 0) is 12.1 Å². The highest BCUT2D eigenvalue weighted by Crippen LogP contribution is 2.07. The number of aliphatic carboxylic acids is 1. The van der Waals surface area contributed by atoms with Crippen molar-refractivity contribution in [3.63, 3.8) is 0 Å². The van der Waals surface area contributed by atoms with Crippen molar-refractivity contribution < 1.29 is 34.8 Å². The van der Waals surface area contributed by atoms with E-state index in [-0.39, 0.29) is 29.7 Å². The van der Waals surface area contributed by atoms with Crippen molar-refractivity contribution in [2.75, 3.05) is 6.61 Å². The molecule has 1 aromatic rings. The maximum absolute atomic E-state index is 10.5. The normalized spacial score (nSPS) is 9.05. The molecule has 20 heavy (non-hydrogen) atoms. The van der Waals surface area contributed by atoms with Crippen molar-refractivity contribution in [2.45, 2.75) is 6.42 Å². The summed E-state index contributed by atoms with van der Waals surface area (Å²) in [5.74, 6) is -3.50. The highest BCUT2D eigenvalue weighted by molar-refractivity contribution is 6.01. The van der Waals surface area contributed by atoms with Crippen molar-refractivity contribution in [2.24, 2.45) is 0 Å². The lowest BCUT2D eigenvalue weighted by Gasteiger charge is -1.98. The number of aliphatic hydroxyl groups is 1. The molecule has 1 aromatic carbocycles. The predicted molar refractivity (Wildman–Crippen MR) is 68.8 cm³/mol. The lowest BCUT2D eigenvalue weighted by atomic mass is 10.1. The third kappa shape index (κ3) is 5.78. The summed E-state index contributed by atoms with van der Waals surface area (Å²) in [6.07, 6.45) is 0.148. The fraction of sp³-hybridized carbons (Fsp3) is 0.154. The monoisotopic (exact) mass is 282 g/mol. The van der Waals surface area contributed by atoms with Crippen molar-refractivity contribution in [3.05, 3.63) is 47.5 Å². The molecule has 0 aromatic heterocycles. The van der Waals surface area contributed by atoms with E-state index < -0.39 is 17.9 Å². The van der Waals surface area contributed by atoms with Gasteiger partial charge in [0, 0.05) is 18.6 Å². The Hall–Kier alpha value is -2.67. The maximum Gasteiger partial charge on any atom is 0.336 e. The largest absolute Gasteiger partial charge is 0.478 e. The van der Waals surface area contributed by atoms with Crippen molar-refractivity contribution in [3.8, 4) is 0 Å². The lowest BCUT2D eigenvalue weighted by Crippen LogP contribution is -2.06. The van der Waals surface area contributed by atoms with Crippen LogP contribution in [0.15, 0.2) is 36.4 Å².